The van der Waals surface area contributed by atoms with E-state index >= 15 is 0 Å². The van der Waals surface area contributed by atoms with E-state index in [1.165, 1.54) is 18.4 Å². The fourth-order valence-electron chi connectivity index (χ4n) is 0.855. The second kappa shape index (κ2) is 9.36. The minimum Gasteiger partial charge on any atom is -0.324 e. The van der Waals surface area contributed by atoms with Gasteiger partial charge in [0.1, 0.15) is 5.17 Å². The van der Waals surface area contributed by atoms with Gasteiger partial charge in [-0.1, -0.05) is 42.4 Å². The standard InChI is InChI=1S/C14H16Cl2N2O/c1-5-12(15)8-7-10(3)14(19)18-11(4)9-17-13(16)6-2/h5-9H,2-3H2,1,4H3,(H,18,19)/b8-7-,11-9+,12-5+,17-13?. The Bertz CT molecular complexity index is 486. The van der Waals surface area contributed by atoms with Crippen molar-refractivity contribution in [3.05, 3.63) is 60.0 Å². The number of amides is 1. The lowest BCUT2D eigenvalue weighted by Crippen LogP contribution is -2.21. The summed E-state index contributed by atoms with van der Waals surface area (Å²) in [6.45, 7) is 10.6. The average molecular weight is 299 g/mol. The molecule has 0 bridgehead atoms. The van der Waals surface area contributed by atoms with Crippen LogP contribution in [0.5, 0.6) is 0 Å². The van der Waals surface area contributed by atoms with E-state index in [0.717, 1.165) is 0 Å². The maximum absolute atomic E-state index is 11.7. The van der Waals surface area contributed by atoms with Crippen molar-refractivity contribution in [2.45, 2.75) is 13.8 Å². The Labute approximate surface area is 123 Å². The van der Waals surface area contributed by atoms with Crippen LogP contribution in [-0.4, -0.2) is 11.1 Å². The molecule has 0 spiro atoms. The lowest BCUT2D eigenvalue weighted by atomic mass is 10.2. The zero-order valence-corrected chi connectivity index (χ0v) is 12.4. The molecule has 0 saturated carbocycles. The van der Waals surface area contributed by atoms with E-state index in [4.69, 9.17) is 23.2 Å². The summed E-state index contributed by atoms with van der Waals surface area (Å²) < 4.78 is 0. The first-order valence-electron chi connectivity index (χ1n) is 5.43. The molecule has 1 amide bonds. The van der Waals surface area contributed by atoms with Crippen molar-refractivity contribution >= 4 is 34.3 Å². The highest BCUT2D eigenvalue weighted by Crippen LogP contribution is 2.05. The minimum absolute atomic E-state index is 0.243. The molecule has 0 fully saturated rings. The second-order valence-electron chi connectivity index (χ2n) is 3.45. The third kappa shape index (κ3) is 8.19. The number of hydrogen-bond acceptors (Lipinski definition) is 2. The molecular formula is C14H16Cl2N2O. The lowest BCUT2D eigenvalue weighted by Gasteiger charge is -2.03. The van der Waals surface area contributed by atoms with E-state index in [2.05, 4.69) is 23.5 Å². The molecule has 0 rings (SSSR count). The van der Waals surface area contributed by atoms with Gasteiger partial charge in [0.2, 0.25) is 0 Å². The fraction of sp³-hybridized carbons (Fsp3) is 0.143. The van der Waals surface area contributed by atoms with E-state index in [0.29, 0.717) is 10.7 Å². The summed E-state index contributed by atoms with van der Waals surface area (Å²) in [6, 6.07) is 0. The van der Waals surface area contributed by atoms with Gasteiger partial charge in [0.05, 0.1) is 0 Å². The van der Waals surface area contributed by atoms with Crippen LogP contribution < -0.4 is 5.32 Å². The summed E-state index contributed by atoms with van der Waals surface area (Å²) in [6.07, 6.45) is 7.66. The van der Waals surface area contributed by atoms with Crippen molar-refractivity contribution in [1.29, 1.82) is 0 Å². The number of rotatable bonds is 6. The van der Waals surface area contributed by atoms with Crippen LogP contribution in [0.4, 0.5) is 0 Å². The van der Waals surface area contributed by atoms with Gasteiger partial charge >= 0.3 is 0 Å². The van der Waals surface area contributed by atoms with E-state index in [1.54, 1.807) is 26.0 Å². The highest BCUT2D eigenvalue weighted by atomic mass is 35.5. The molecule has 0 aliphatic rings. The van der Waals surface area contributed by atoms with Gasteiger partial charge in [-0.2, -0.15) is 0 Å². The Morgan fingerprint density at radius 2 is 1.95 bits per heavy atom. The summed E-state index contributed by atoms with van der Waals surface area (Å²) in [5.41, 5.74) is 0.822. The Hall–Kier alpha value is -1.58. The quantitative estimate of drug-likeness (QED) is 0.449. The normalized spacial score (nSPS) is 13.6. The van der Waals surface area contributed by atoms with Gasteiger partial charge in [0, 0.05) is 22.5 Å². The molecular weight excluding hydrogens is 283 g/mol. The van der Waals surface area contributed by atoms with Crippen LogP contribution in [0.3, 0.4) is 0 Å². The van der Waals surface area contributed by atoms with Crippen molar-refractivity contribution in [3.8, 4) is 0 Å². The molecule has 0 aromatic heterocycles. The van der Waals surface area contributed by atoms with E-state index in [9.17, 15) is 4.79 Å². The number of carbonyl (C=O) groups excluding carboxylic acids is 1. The maximum Gasteiger partial charge on any atom is 0.254 e. The lowest BCUT2D eigenvalue weighted by molar-refractivity contribution is -0.116. The van der Waals surface area contributed by atoms with Crippen LogP contribution in [0.15, 0.2) is 65.0 Å². The van der Waals surface area contributed by atoms with Crippen LogP contribution >= 0.6 is 23.2 Å². The molecule has 19 heavy (non-hydrogen) atoms. The number of carbonyl (C=O) groups is 1. The van der Waals surface area contributed by atoms with Crippen molar-refractivity contribution < 1.29 is 4.79 Å². The predicted octanol–water partition coefficient (Wildman–Crippen LogP) is 4.04. The summed E-state index contributed by atoms with van der Waals surface area (Å²) in [7, 11) is 0. The number of nitrogens with one attached hydrogen (secondary N) is 1. The first kappa shape index (κ1) is 17.4. The summed E-state index contributed by atoms with van der Waals surface area (Å²) in [4.78, 5) is 15.6. The highest BCUT2D eigenvalue weighted by molar-refractivity contribution is 6.68. The zero-order chi connectivity index (χ0) is 14.8. The molecule has 1 N–H and O–H groups in total. The Balaban J connectivity index is 4.58. The fourth-order valence-corrected chi connectivity index (χ4v) is 0.967. The van der Waals surface area contributed by atoms with Gasteiger partial charge in [0.15, 0.2) is 0 Å². The molecule has 0 aliphatic heterocycles. The topological polar surface area (TPSA) is 41.5 Å². The van der Waals surface area contributed by atoms with Crippen LogP contribution in [0.1, 0.15) is 13.8 Å². The van der Waals surface area contributed by atoms with Crippen LogP contribution in [-0.2, 0) is 4.79 Å². The first-order chi connectivity index (χ1) is 8.90. The predicted molar refractivity (Wildman–Crippen MR) is 83.3 cm³/mol. The molecule has 3 nitrogen and oxygen atoms in total. The zero-order valence-electron chi connectivity index (χ0n) is 10.9. The van der Waals surface area contributed by atoms with Crippen molar-refractivity contribution in [1.82, 2.24) is 5.32 Å². The molecule has 0 radical (unpaired) electrons. The monoisotopic (exact) mass is 298 g/mol. The van der Waals surface area contributed by atoms with Crippen LogP contribution in [0, 0.1) is 0 Å². The van der Waals surface area contributed by atoms with Gasteiger partial charge in [-0.3, -0.25) is 4.79 Å². The third-order valence-corrected chi connectivity index (χ3v) is 2.47. The van der Waals surface area contributed by atoms with Gasteiger partial charge in [-0.15, -0.1) is 0 Å². The van der Waals surface area contributed by atoms with Gasteiger partial charge in [-0.25, -0.2) is 4.99 Å². The molecule has 5 heteroatoms. The Kier molecular flexibility index (Phi) is 8.58. The second-order valence-corrected chi connectivity index (χ2v) is 4.28. The van der Waals surface area contributed by atoms with Crippen molar-refractivity contribution in [2.75, 3.05) is 0 Å². The van der Waals surface area contributed by atoms with Crippen molar-refractivity contribution in [3.63, 3.8) is 0 Å². The summed E-state index contributed by atoms with van der Waals surface area (Å²) in [5.74, 6) is -0.338. The molecule has 0 heterocycles. The van der Waals surface area contributed by atoms with Gasteiger partial charge in [-0.05, 0) is 32.1 Å². The Morgan fingerprint density at radius 3 is 2.47 bits per heavy atom. The van der Waals surface area contributed by atoms with Crippen LogP contribution in [0.25, 0.3) is 0 Å². The summed E-state index contributed by atoms with van der Waals surface area (Å²) >= 11 is 11.4. The summed E-state index contributed by atoms with van der Waals surface area (Å²) in [5, 5.41) is 3.38. The molecule has 0 aromatic carbocycles. The first-order valence-corrected chi connectivity index (χ1v) is 6.19. The molecule has 0 saturated heterocycles. The van der Waals surface area contributed by atoms with Crippen LogP contribution in [0.2, 0.25) is 0 Å². The number of nitrogens with zero attached hydrogens (tertiary/aromatic N) is 1. The number of allylic oxidation sites excluding steroid dienone is 5. The molecule has 0 atom stereocenters. The largest absolute Gasteiger partial charge is 0.324 e. The van der Waals surface area contributed by atoms with E-state index in [-0.39, 0.29) is 16.7 Å². The average Bonchev–Trinajstić information content (AvgIpc) is 2.41. The molecule has 0 aliphatic carbocycles. The third-order valence-electron chi connectivity index (χ3n) is 1.87. The molecule has 0 unspecified atom stereocenters. The smallest absolute Gasteiger partial charge is 0.254 e. The van der Waals surface area contributed by atoms with E-state index in [1.807, 2.05) is 0 Å². The van der Waals surface area contributed by atoms with Crippen molar-refractivity contribution in [2.24, 2.45) is 4.99 Å². The minimum atomic E-state index is -0.338. The van der Waals surface area contributed by atoms with Gasteiger partial charge < -0.3 is 5.32 Å². The number of aliphatic imine (C=N–C) groups is 1. The molecule has 102 valence electrons. The highest BCUT2D eigenvalue weighted by Gasteiger charge is 2.03. The molecule has 0 aromatic rings. The SMILES string of the molecule is C=CC(Cl)=N/C=C(\C)NC(=O)C(=C)/C=C\C(Cl)=C/C. The van der Waals surface area contributed by atoms with Gasteiger partial charge in [0.25, 0.3) is 5.91 Å². The number of halogens is 2. The number of hydrogen-bond donors (Lipinski definition) is 1. The van der Waals surface area contributed by atoms with E-state index < -0.39 is 0 Å². The maximum atomic E-state index is 11.7. The Morgan fingerprint density at radius 1 is 1.32 bits per heavy atom.